The summed E-state index contributed by atoms with van der Waals surface area (Å²) >= 11 is 0. The first-order chi connectivity index (χ1) is 8.29. The fraction of sp³-hybridized carbons (Fsp3) is 1.00. The molecule has 4 nitrogen and oxygen atoms in total. The molecule has 4 heteroatoms. The van der Waals surface area contributed by atoms with Crippen molar-refractivity contribution in [3.8, 4) is 0 Å². The van der Waals surface area contributed by atoms with E-state index in [9.17, 15) is 0 Å². The highest BCUT2D eigenvalue weighted by atomic mass is 16.5. The summed E-state index contributed by atoms with van der Waals surface area (Å²) in [5.41, 5.74) is 6.12. The van der Waals surface area contributed by atoms with Gasteiger partial charge < -0.3 is 15.6 Å². The van der Waals surface area contributed by atoms with E-state index in [0.717, 1.165) is 51.7 Å². The Morgan fingerprint density at radius 2 is 2.24 bits per heavy atom. The van der Waals surface area contributed by atoms with Gasteiger partial charge >= 0.3 is 0 Å². The Morgan fingerprint density at radius 1 is 1.41 bits per heavy atom. The minimum absolute atomic E-state index is 0.172. The second-order valence-electron chi connectivity index (χ2n) is 5.64. The third-order valence-corrected chi connectivity index (χ3v) is 4.35. The highest BCUT2D eigenvalue weighted by Crippen LogP contribution is 2.33. The van der Waals surface area contributed by atoms with Crippen molar-refractivity contribution in [2.45, 2.75) is 38.1 Å². The van der Waals surface area contributed by atoms with Crippen molar-refractivity contribution in [2.24, 2.45) is 11.1 Å². The van der Waals surface area contributed by atoms with Crippen LogP contribution in [0.25, 0.3) is 0 Å². The van der Waals surface area contributed by atoms with Crippen LogP contribution < -0.4 is 5.73 Å². The van der Waals surface area contributed by atoms with Crippen LogP contribution in [-0.4, -0.2) is 55.5 Å². The van der Waals surface area contributed by atoms with Crippen LogP contribution in [0.15, 0.2) is 0 Å². The first-order valence-electron chi connectivity index (χ1n) is 6.92. The van der Waals surface area contributed by atoms with Gasteiger partial charge in [-0.3, -0.25) is 4.90 Å². The van der Waals surface area contributed by atoms with Crippen LogP contribution in [-0.2, 0) is 4.74 Å². The zero-order valence-electron chi connectivity index (χ0n) is 10.7. The zero-order chi connectivity index (χ0) is 12.1. The molecule has 0 bridgehead atoms. The Balaban J connectivity index is 1.90. The third kappa shape index (κ3) is 3.19. The summed E-state index contributed by atoms with van der Waals surface area (Å²) in [6, 6.07) is 0.727. The maximum atomic E-state index is 8.99. The molecule has 17 heavy (non-hydrogen) atoms. The second kappa shape index (κ2) is 6.14. The Kier molecular flexibility index (Phi) is 4.79. The van der Waals surface area contributed by atoms with Crippen molar-refractivity contribution >= 4 is 0 Å². The molecule has 1 heterocycles. The lowest BCUT2D eigenvalue weighted by molar-refractivity contribution is 0.0561. The van der Waals surface area contributed by atoms with E-state index in [-0.39, 0.29) is 12.0 Å². The van der Waals surface area contributed by atoms with Crippen molar-refractivity contribution < 1.29 is 9.84 Å². The van der Waals surface area contributed by atoms with Gasteiger partial charge in [-0.25, -0.2) is 0 Å². The summed E-state index contributed by atoms with van der Waals surface area (Å²) in [5.74, 6) is 0. The van der Waals surface area contributed by atoms with Crippen molar-refractivity contribution in [3.05, 3.63) is 0 Å². The maximum absolute atomic E-state index is 8.99. The van der Waals surface area contributed by atoms with E-state index in [1.807, 2.05) is 0 Å². The molecule has 2 rings (SSSR count). The highest BCUT2D eigenvalue weighted by Gasteiger charge is 2.37. The lowest BCUT2D eigenvalue weighted by atomic mass is 9.84. The van der Waals surface area contributed by atoms with E-state index >= 15 is 0 Å². The number of aliphatic hydroxyl groups excluding tert-OH is 1. The van der Waals surface area contributed by atoms with Gasteiger partial charge in [-0.2, -0.15) is 0 Å². The largest absolute Gasteiger partial charge is 0.396 e. The average Bonchev–Trinajstić information content (AvgIpc) is 2.73. The lowest BCUT2D eigenvalue weighted by Crippen LogP contribution is -2.49. The molecule has 0 aromatic carbocycles. The van der Waals surface area contributed by atoms with Gasteiger partial charge in [0.25, 0.3) is 0 Å². The van der Waals surface area contributed by atoms with E-state index in [1.165, 1.54) is 19.3 Å². The van der Waals surface area contributed by atoms with Crippen LogP contribution in [0.1, 0.15) is 32.1 Å². The average molecular weight is 242 g/mol. The van der Waals surface area contributed by atoms with Crippen LogP contribution in [0.4, 0.5) is 0 Å². The molecule has 1 aliphatic carbocycles. The van der Waals surface area contributed by atoms with Crippen molar-refractivity contribution in [1.82, 2.24) is 4.90 Å². The van der Waals surface area contributed by atoms with Crippen molar-refractivity contribution in [3.63, 3.8) is 0 Å². The van der Waals surface area contributed by atoms with Gasteiger partial charge in [0, 0.05) is 44.3 Å². The molecule has 100 valence electrons. The summed E-state index contributed by atoms with van der Waals surface area (Å²) in [5, 5.41) is 8.99. The van der Waals surface area contributed by atoms with Gasteiger partial charge in [-0.05, 0) is 25.7 Å². The summed E-state index contributed by atoms with van der Waals surface area (Å²) in [7, 11) is 0. The van der Waals surface area contributed by atoms with Gasteiger partial charge in [0.2, 0.25) is 0 Å². The molecule has 1 unspecified atom stereocenters. The highest BCUT2D eigenvalue weighted by molar-refractivity contribution is 4.91. The normalized spacial score (nSPS) is 29.8. The molecule has 1 aliphatic heterocycles. The summed E-state index contributed by atoms with van der Waals surface area (Å²) in [6.45, 7) is 4.73. The van der Waals surface area contributed by atoms with Gasteiger partial charge in [0.05, 0.1) is 6.61 Å². The molecule has 0 amide bonds. The van der Waals surface area contributed by atoms with Gasteiger partial charge in [0.15, 0.2) is 0 Å². The van der Waals surface area contributed by atoms with E-state index in [1.54, 1.807) is 0 Å². The molecular formula is C13H26N2O2. The van der Waals surface area contributed by atoms with Crippen LogP contribution >= 0.6 is 0 Å². The van der Waals surface area contributed by atoms with E-state index in [4.69, 9.17) is 15.6 Å². The van der Waals surface area contributed by atoms with Gasteiger partial charge in [-0.1, -0.05) is 6.42 Å². The molecule has 3 N–H and O–H groups in total. The minimum atomic E-state index is 0.172. The molecule has 0 radical (unpaired) electrons. The molecule has 0 aromatic heterocycles. The summed E-state index contributed by atoms with van der Waals surface area (Å²) in [4.78, 5) is 2.54. The van der Waals surface area contributed by atoms with Crippen LogP contribution in [0.2, 0.25) is 0 Å². The number of ether oxygens (including phenoxy) is 1. The van der Waals surface area contributed by atoms with Crippen LogP contribution in [0.3, 0.4) is 0 Å². The Hall–Kier alpha value is -0.160. The predicted molar refractivity (Wildman–Crippen MR) is 67.8 cm³/mol. The number of rotatable bonds is 7. The fourth-order valence-corrected chi connectivity index (χ4v) is 2.85. The predicted octanol–water partition coefficient (Wildman–Crippen LogP) is 0.589. The molecule has 1 atom stereocenters. The zero-order valence-corrected chi connectivity index (χ0v) is 10.7. The molecule has 2 aliphatic rings. The fourth-order valence-electron chi connectivity index (χ4n) is 2.85. The van der Waals surface area contributed by atoms with Gasteiger partial charge in [-0.15, -0.1) is 0 Å². The quantitative estimate of drug-likeness (QED) is 0.686. The Labute approximate surface area is 104 Å². The molecule has 1 saturated heterocycles. The van der Waals surface area contributed by atoms with Crippen molar-refractivity contribution in [1.29, 1.82) is 0 Å². The number of aliphatic hydroxyl groups is 1. The first kappa shape index (κ1) is 13.3. The van der Waals surface area contributed by atoms with E-state index in [0.29, 0.717) is 0 Å². The van der Waals surface area contributed by atoms with Crippen LogP contribution in [0, 0.1) is 5.41 Å². The molecule has 0 spiro atoms. The minimum Gasteiger partial charge on any atom is -0.396 e. The Bertz CT molecular complexity index is 225. The topological polar surface area (TPSA) is 58.7 Å². The number of nitrogens with two attached hydrogens (primary N) is 1. The van der Waals surface area contributed by atoms with E-state index < -0.39 is 0 Å². The molecule has 2 fully saturated rings. The first-order valence-corrected chi connectivity index (χ1v) is 6.92. The third-order valence-electron chi connectivity index (χ3n) is 4.35. The molecule has 1 saturated carbocycles. The van der Waals surface area contributed by atoms with Gasteiger partial charge in [0.1, 0.15) is 0 Å². The second-order valence-corrected chi connectivity index (χ2v) is 5.64. The van der Waals surface area contributed by atoms with Crippen LogP contribution in [0.5, 0.6) is 0 Å². The molecule has 0 aromatic rings. The van der Waals surface area contributed by atoms with Crippen molar-refractivity contribution in [2.75, 3.05) is 39.5 Å². The molecular weight excluding hydrogens is 216 g/mol. The number of hydrogen-bond donors (Lipinski definition) is 2. The van der Waals surface area contributed by atoms with E-state index in [2.05, 4.69) is 4.90 Å². The SMILES string of the molecule is NCC1(CN(CCCO)C2CCC2)CCOC1. The summed E-state index contributed by atoms with van der Waals surface area (Å²) in [6.07, 6.45) is 5.94. The Morgan fingerprint density at radius 3 is 2.71 bits per heavy atom. The number of hydrogen-bond acceptors (Lipinski definition) is 4. The standard InChI is InChI=1S/C13H26N2O2/c14-9-13(5-8-17-11-13)10-15(6-2-7-16)12-3-1-4-12/h12,16H,1-11,14H2. The lowest BCUT2D eigenvalue weighted by Gasteiger charge is -2.42. The summed E-state index contributed by atoms with van der Waals surface area (Å²) < 4.78 is 5.53. The smallest absolute Gasteiger partial charge is 0.0547 e. The number of nitrogens with zero attached hydrogens (tertiary/aromatic N) is 1. The monoisotopic (exact) mass is 242 g/mol. The maximum Gasteiger partial charge on any atom is 0.0547 e.